The minimum atomic E-state index is -0.277. The van der Waals surface area contributed by atoms with Crippen molar-refractivity contribution in [3.63, 3.8) is 0 Å². The SMILES string of the molecule is C=CC(=O)OC(C)C12CC3CC(CC(C(C)S)(C3)C1)C2. The van der Waals surface area contributed by atoms with Gasteiger partial charge in [0.05, 0.1) is 0 Å². The first-order valence-electron chi connectivity index (χ1n) is 7.90. The molecule has 4 aliphatic rings. The molecule has 20 heavy (non-hydrogen) atoms. The van der Waals surface area contributed by atoms with Gasteiger partial charge in [0.25, 0.3) is 0 Å². The molecule has 2 nitrogen and oxygen atoms in total. The number of rotatable bonds is 4. The van der Waals surface area contributed by atoms with Crippen LogP contribution in [0, 0.1) is 22.7 Å². The Kier molecular flexibility index (Phi) is 3.47. The lowest BCUT2D eigenvalue weighted by molar-refractivity contribution is -0.179. The Morgan fingerprint density at radius 2 is 1.80 bits per heavy atom. The minimum absolute atomic E-state index is 0.00496. The molecule has 0 heterocycles. The number of thiol groups is 1. The van der Waals surface area contributed by atoms with Crippen molar-refractivity contribution in [3.8, 4) is 0 Å². The third kappa shape index (κ3) is 2.13. The zero-order valence-electron chi connectivity index (χ0n) is 12.6. The van der Waals surface area contributed by atoms with Crippen LogP contribution in [0.15, 0.2) is 12.7 Å². The molecule has 4 fully saturated rings. The van der Waals surface area contributed by atoms with Crippen molar-refractivity contribution in [2.24, 2.45) is 22.7 Å². The van der Waals surface area contributed by atoms with E-state index >= 15 is 0 Å². The Bertz CT molecular complexity index is 415. The third-order valence-corrected chi connectivity index (χ3v) is 6.91. The highest BCUT2D eigenvalue weighted by molar-refractivity contribution is 7.81. The van der Waals surface area contributed by atoms with Gasteiger partial charge in [-0.25, -0.2) is 4.79 Å². The number of hydrogen-bond acceptors (Lipinski definition) is 3. The van der Waals surface area contributed by atoms with Crippen LogP contribution in [0.2, 0.25) is 0 Å². The molecule has 4 rings (SSSR count). The smallest absolute Gasteiger partial charge is 0.330 e. The standard InChI is InChI=1S/C17H26O2S/c1-4-15(18)19-11(2)16-6-13-5-14(7-16)9-17(8-13,10-16)12(3)20/h4,11-14,20H,1,5-10H2,2-3H3. The molecule has 0 aromatic rings. The van der Waals surface area contributed by atoms with E-state index in [0.717, 1.165) is 11.8 Å². The average Bonchev–Trinajstić information content (AvgIpc) is 2.36. The summed E-state index contributed by atoms with van der Waals surface area (Å²) in [5.74, 6) is 1.35. The summed E-state index contributed by atoms with van der Waals surface area (Å²) >= 11 is 4.81. The first-order chi connectivity index (χ1) is 9.39. The fourth-order valence-corrected chi connectivity index (χ4v) is 6.02. The van der Waals surface area contributed by atoms with E-state index in [4.69, 9.17) is 17.4 Å². The molecule has 4 aliphatic carbocycles. The average molecular weight is 294 g/mol. The quantitative estimate of drug-likeness (QED) is 0.482. The van der Waals surface area contributed by atoms with Crippen molar-refractivity contribution in [1.29, 1.82) is 0 Å². The van der Waals surface area contributed by atoms with Crippen LogP contribution < -0.4 is 0 Å². The van der Waals surface area contributed by atoms with E-state index in [1.807, 2.05) is 0 Å². The second-order valence-corrected chi connectivity index (χ2v) is 8.42. The lowest BCUT2D eigenvalue weighted by Gasteiger charge is -2.64. The Morgan fingerprint density at radius 3 is 2.30 bits per heavy atom. The van der Waals surface area contributed by atoms with Gasteiger partial charge in [0, 0.05) is 16.7 Å². The number of hydrogen-bond donors (Lipinski definition) is 1. The maximum Gasteiger partial charge on any atom is 0.330 e. The molecule has 4 bridgehead atoms. The van der Waals surface area contributed by atoms with Gasteiger partial charge in [-0.05, 0) is 62.7 Å². The topological polar surface area (TPSA) is 26.3 Å². The normalized spacial score (nSPS) is 45.0. The van der Waals surface area contributed by atoms with E-state index in [0.29, 0.717) is 10.7 Å². The van der Waals surface area contributed by atoms with Gasteiger partial charge in [-0.2, -0.15) is 12.6 Å². The van der Waals surface area contributed by atoms with Crippen LogP contribution in [0.4, 0.5) is 0 Å². The van der Waals surface area contributed by atoms with E-state index in [1.165, 1.54) is 44.6 Å². The van der Waals surface area contributed by atoms with Gasteiger partial charge in [0.1, 0.15) is 6.10 Å². The summed E-state index contributed by atoms with van der Waals surface area (Å²) in [5.41, 5.74) is 0.571. The zero-order chi connectivity index (χ0) is 14.5. The van der Waals surface area contributed by atoms with E-state index in [2.05, 4.69) is 20.4 Å². The van der Waals surface area contributed by atoms with E-state index in [-0.39, 0.29) is 17.5 Å². The highest BCUT2D eigenvalue weighted by Crippen LogP contribution is 2.68. The van der Waals surface area contributed by atoms with Crippen LogP contribution in [0.25, 0.3) is 0 Å². The fourth-order valence-electron chi connectivity index (χ4n) is 5.72. The number of esters is 1. The van der Waals surface area contributed by atoms with Gasteiger partial charge in [0.2, 0.25) is 0 Å². The van der Waals surface area contributed by atoms with Crippen molar-refractivity contribution in [2.45, 2.75) is 63.7 Å². The van der Waals surface area contributed by atoms with Crippen LogP contribution in [-0.4, -0.2) is 17.3 Å². The summed E-state index contributed by atoms with van der Waals surface area (Å²) < 4.78 is 5.63. The number of ether oxygens (including phenoxy) is 1. The van der Waals surface area contributed by atoms with Gasteiger partial charge in [-0.1, -0.05) is 13.5 Å². The van der Waals surface area contributed by atoms with E-state index in [1.54, 1.807) is 0 Å². The Morgan fingerprint density at radius 1 is 1.25 bits per heavy atom. The number of carbonyl (C=O) groups is 1. The molecule has 0 aromatic carbocycles. The highest BCUT2D eigenvalue weighted by Gasteiger charge is 2.60. The summed E-state index contributed by atoms with van der Waals surface area (Å²) in [6.07, 6.45) is 8.99. The molecule has 0 spiro atoms. The molecular formula is C17H26O2S. The van der Waals surface area contributed by atoms with Crippen LogP contribution >= 0.6 is 12.6 Å². The maximum atomic E-state index is 11.6. The second kappa shape index (κ2) is 4.79. The van der Waals surface area contributed by atoms with Crippen molar-refractivity contribution >= 4 is 18.6 Å². The van der Waals surface area contributed by atoms with Crippen LogP contribution in [-0.2, 0) is 9.53 Å². The van der Waals surface area contributed by atoms with Crippen LogP contribution in [0.5, 0.6) is 0 Å². The summed E-state index contributed by atoms with van der Waals surface area (Å²) in [6.45, 7) is 7.86. The van der Waals surface area contributed by atoms with Crippen molar-refractivity contribution in [2.75, 3.05) is 0 Å². The lowest BCUT2D eigenvalue weighted by Crippen LogP contribution is -2.58. The fraction of sp³-hybridized carbons (Fsp3) is 0.824. The van der Waals surface area contributed by atoms with Gasteiger partial charge in [-0.15, -0.1) is 0 Å². The molecule has 112 valence electrons. The van der Waals surface area contributed by atoms with Crippen LogP contribution in [0.1, 0.15) is 52.4 Å². The molecule has 0 amide bonds. The summed E-state index contributed by atoms with van der Waals surface area (Å²) in [7, 11) is 0. The molecule has 0 saturated heterocycles. The van der Waals surface area contributed by atoms with Gasteiger partial charge < -0.3 is 4.74 Å². The monoisotopic (exact) mass is 294 g/mol. The molecule has 4 atom stereocenters. The molecule has 0 aliphatic heterocycles. The van der Waals surface area contributed by atoms with Crippen molar-refractivity contribution in [3.05, 3.63) is 12.7 Å². The summed E-state index contributed by atoms with van der Waals surface area (Å²) in [5, 5.41) is 0.440. The molecule has 0 N–H and O–H groups in total. The largest absolute Gasteiger partial charge is 0.459 e. The van der Waals surface area contributed by atoms with E-state index in [9.17, 15) is 4.79 Å². The summed E-state index contributed by atoms with van der Waals surface area (Å²) in [4.78, 5) is 11.6. The Labute approximate surface area is 127 Å². The Hall–Kier alpha value is -0.440. The molecular weight excluding hydrogens is 268 g/mol. The maximum absolute atomic E-state index is 11.6. The van der Waals surface area contributed by atoms with Gasteiger partial charge >= 0.3 is 5.97 Å². The molecule has 0 radical (unpaired) electrons. The summed E-state index contributed by atoms with van der Waals surface area (Å²) in [6, 6.07) is 0. The van der Waals surface area contributed by atoms with Crippen LogP contribution in [0.3, 0.4) is 0 Å². The lowest BCUT2D eigenvalue weighted by atomic mass is 9.42. The molecule has 4 unspecified atom stereocenters. The van der Waals surface area contributed by atoms with E-state index < -0.39 is 0 Å². The molecule has 4 saturated carbocycles. The Balaban J connectivity index is 1.86. The molecule has 0 aromatic heterocycles. The van der Waals surface area contributed by atoms with Gasteiger partial charge in [-0.3, -0.25) is 0 Å². The second-order valence-electron chi connectivity index (χ2n) is 7.64. The minimum Gasteiger partial charge on any atom is -0.459 e. The van der Waals surface area contributed by atoms with Crippen molar-refractivity contribution < 1.29 is 9.53 Å². The molecule has 3 heteroatoms. The van der Waals surface area contributed by atoms with Gasteiger partial charge in [0.15, 0.2) is 0 Å². The zero-order valence-corrected chi connectivity index (χ0v) is 13.5. The third-order valence-electron chi connectivity index (χ3n) is 6.36. The highest BCUT2D eigenvalue weighted by atomic mass is 32.1. The first-order valence-corrected chi connectivity index (χ1v) is 8.42. The van der Waals surface area contributed by atoms with Crippen molar-refractivity contribution in [1.82, 2.24) is 0 Å². The number of carbonyl (C=O) groups excluding carboxylic acids is 1. The predicted molar refractivity (Wildman–Crippen MR) is 83.7 cm³/mol. The first kappa shape index (κ1) is 14.5. The predicted octanol–water partition coefficient (Wildman–Crippen LogP) is 4.01.